The van der Waals surface area contributed by atoms with E-state index in [2.05, 4.69) is 21.7 Å². The molecule has 2 N–H and O–H groups in total. The lowest BCUT2D eigenvalue weighted by Gasteiger charge is -2.21. The molecule has 0 bridgehead atoms. The molecule has 0 saturated carbocycles. The smallest absolute Gasteiger partial charge is 0.339 e. The molecule has 170 valence electrons. The lowest BCUT2D eigenvalue weighted by molar-refractivity contribution is 0.0697. The van der Waals surface area contributed by atoms with Gasteiger partial charge in [-0.1, -0.05) is 24.6 Å². The Bertz CT molecular complexity index is 1220. The second kappa shape index (κ2) is 9.39. The summed E-state index contributed by atoms with van der Waals surface area (Å²) < 4.78 is 29.6. The van der Waals surface area contributed by atoms with Gasteiger partial charge in [-0.3, -0.25) is 9.40 Å². The van der Waals surface area contributed by atoms with Gasteiger partial charge in [-0.25, -0.2) is 18.2 Å². The molecule has 0 saturated heterocycles. The van der Waals surface area contributed by atoms with Gasteiger partial charge in [0.15, 0.2) is 0 Å². The predicted octanol–water partition coefficient (Wildman–Crippen LogP) is 3.44. The van der Waals surface area contributed by atoms with Gasteiger partial charge in [0.05, 0.1) is 34.7 Å². The fourth-order valence-corrected chi connectivity index (χ4v) is 4.39. The van der Waals surface area contributed by atoms with E-state index in [-0.39, 0.29) is 22.0 Å². The number of aromatic carboxylic acids is 1. The number of nitrogens with one attached hydrogen (secondary N) is 1. The van der Waals surface area contributed by atoms with E-state index in [9.17, 15) is 18.3 Å². The third kappa shape index (κ3) is 5.25. The maximum atomic E-state index is 12.6. The molecule has 0 aliphatic rings. The summed E-state index contributed by atoms with van der Waals surface area (Å²) in [7, 11) is -2.13. The SMILES string of the molecule is CCCn1nc(C)cc1CN(C)c1ncc(NS(=O)(=O)c2ccc(C)cc2)cc1C(=O)O. The van der Waals surface area contributed by atoms with Gasteiger partial charge >= 0.3 is 5.97 Å². The maximum absolute atomic E-state index is 12.6. The average molecular weight is 458 g/mol. The van der Waals surface area contributed by atoms with Gasteiger partial charge in [0.25, 0.3) is 10.0 Å². The Morgan fingerprint density at radius 1 is 1.19 bits per heavy atom. The van der Waals surface area contributed by atoms with Gasteiger partial charge in [0.2, 0.25) is 0 Å². The molecular formula is C22H27N5O4S. The van der Waals surface area contributed by atoms with Crippen LogP contribution in [0.15, 0.2) is 47.5 Å². The van der Waals surface area contributed by atoms with Crippen molar-refractivity contribution in [2.75, 3.05) is 16.7 Å². The predicted molar refractivity (Wildman–Crippen MR) is 123 cm³/mol. The number of carbonyl (C=O) groups is 1. The molecule has 10 heteroatoms. The minimum absolute atomic E-state index is 0.0759. The van der Waals surface area contributed by atoms with Crippen LogP contribution in [0.2, 0.25) is 0 Å². The lowest BCUT2D eigenvalue weighted by Crippen LogP contribution is -2.23. The first kappa shape index (κ1) is 23.3. The summed E-state index contributed by atoms with van der Waals surface area (Å²) in [6.07, 6.45) is 2.24. The summed E-state index contributed by atoms with van der Waals surface area (Å²) in [6.45, 7) is 6.99. The number of hydrogen-bond donors (Lipinski definition) is 2. The van der Waals surface area contributed by atoms with Crippen molar-refractivity contribution in [2.24, 2.45) is 0 Å². The molecular weight excluding hydrogens is 430 g/mol. The summed E-state index contributed by atoms with van der Waals surface area (Å²) in [4.78, 5) is 18.0. The monoisotopic (exact) mass is 457 g/mol. The number of nitrogens with zero attached hydrogens (tertiary/aromatic N) is 4. The Labute approximate surface area is 187 Å². The standard InChI is InChI=1S/C22H27N5O4S/c1-5-10-27-18(11-16(3)24-27)14-26(4)21-20(22(28)29)12-17(13-23-21)25-32(30,31)19-8-6-15(2)7-9-19/h6-9,11-13,25H,5,10,14H2,1-4H3,(H,28,29). The molecule has 0 aliphatic carbocycles. The molecule has 0 atom stereocenters. The molecule has 2 aromatic heterocycles. The molecule has 3 aromatic rings. The van der Waals surface area contributed by atoms with Crippen molar-refractivity contribution in [3.8, 4) is 0 Å². The van der Waals surface area contributed by atoms with Gasteiger partial charge in [-0.15, -0.1) is 0 Å². The van der Waals surface area contributed by atoms with Gasteiger partial charge in [0.1, 0.15) is 11.4 Å². The van der Waals surface area contributed by atoms with Gasteiger partial charge in [-0.2, -0.15) is 5.10 Å². The van der Waals surface area contributed by atoms with Crippen LogP contribution in [-0.2, 0) is 23.1 Å². The quantitative estimate of drug-likeness (QED) is 0.505. The fourth-order valence-electron chi connectivity index (χ4n) is 3.36. The van der Waals surface area contributed by atoms with Crippen LogP contribution < -0.4 is 9.62 Å². The summed E-state index contributed by atoms with van der Waals surface area (Å²) in [5.74, 6) is -0.966. The number of anilines is 2. The molecule has 2 heterocycles. The summed E-state index contributed by atoms with van der Waals surface area (Å²) in [5, 5.41) is 14.2. The van der Waals surface area contributed by atoms with E-state index in [1.807, 2.05) is 24.6 Å². The highest BCUT2D eigenvalue weighted by atomic mass is 32.2. The van der Waals surface area contributed by atoms with Crippen LogP contribution >= 0.6 is 0 Å². The Kier molecular flexibility index (Phi) is 6.83. The van der Waals surface area contributed by atoms with Crippen LogP contribution in [0.25, 0.3) is 0 Å². The van der Waals surface area contributed by atoms with E-state index >= 15 is 0 Å². The zero-order chi connectivity index (χ0) is 23.5. The van der Waals surface area contributed by atoms with Crippen LogP contribution in [0.1, 0.15) is 40.7 Å². The molecule has 0 fully saturated rings. The highest BCUT2D eigenvalue weighted by Crippen LogP contribution is 2.24. The Hall–Kier alpha value is -3.40. The average Bonchev–Trinajstić information content (AvgIpc) is 3.06. The highest BCUT2D eigenvalue weighted by Gasteiger charge is 2.20. The first-order valence-corrected chi connectivity index (χ1v) is 11.7. The lowest BCUT2D eigenvalue weighted by atomic mass is 10.2. The number of sulfonamides is 1. The van der Waals surface area contributed by atoms with E-state index in [0.29, 0.717) is 6.54 Å². The molecule has 3 rings (SSSR count). The van der Waals surface area contributed by atoms with Crippen molar-refractivity contribution in [2.45, 2.75) is 45.2 Å². The third-order valence-corrected chi connectivity index (χ3v) is 6.26. The molecule has 0 unspecified atom stereocenters. The molecule has 0 aliphatic heterocycles. The number of pyridine rings is 1. The molecule has 0 amide bonds. The summed E-state index contributed by atoms with van der Waals surface area (Å²) >= 11 is 0. The Balaban J connectivity index is 1.87. The minimum atomic E-state index is -3.87. The van der Waals surface area contributed by atoms with Crippen molar-refractivity contribution < 1.29 is 18.3 Å². The number of hydrogen-bond acceptors (Lipinski definition) is 6. The van der Waals surface area contributed by atoms with Gasteiger partial charge in [-0.05, 0) is 44.5 Å². The number of rotatable bonds is 9. The van der Waals surface area contributed by atoms with Crippen molar-refractivity contribution in [3.05, 3.63) is 65.1 Å². The van der Waals surface area contributed by atoms with Crippen LogP contribution in [0.4, 0.5) is 11.5 Å². The molecule has 0 spiro atoms. The number of benzene rings is 1. The van der Waals surface area contributed by atoms with Gasteiger partial charge in [0, 0.05) is 13.6 Å². The second-order valence-corrected chi connectivity index (χ2v) is 9.36. The van der Waals surface area contributed by atoms with Crippen molar-refractivity contribution >= 4 is 27.5 Å². The zero-order valence-electron chi connectivity index (χ0n) is 18.5. The summed E-state index contributed by atoms with van der Waals surface area (Å²) in [5.41, 5.74) is 2.73. The molecule has 9 nitrogen and oxygen atoms in total. The Morgan fingerprint density at radius 2 is 1.88 bits per heavy atom. The molecule has 32 heavy (non-hydrogen) atoms. The van der Waals surface area contributed by atoms with E-state index in [1.54, 1.807) is 24.1 Å². The first-order chi connectivity index (χ1) is 15.1. The first-order valence-electron chi connectivity index (χ1n) is 10.2. The van der Waals surface area contributed by atoms with Gasteiger partial charge < -0.3 is 10.0 Å². The maximum Gasteiger partial charge on any atom is 0.339 e. The van der Waals surface area contributed by atoms with Crippen LogP contribution in [0.3, 0.4) is 0 Å². The van der Waals surface area contributed by atoms with E-state index in [4.69, 9.17) is 0 Å². The van der Waals surface area contributed by atoms with E-state index in [1.165, 1.54) is 24.4 Å². The second-order valence-electron chi connectivity index (χ2n) is 7.68. The Morgan fingerprint density at radius 3 is 2.50 bits per heavy atom. The van der Waals surface area contributed by atoms with Crippen LogP contribution in [0, 0.1) is 13.8 Å². The van der Waals surface area contributed by atoms with Crippen molar-refractivity contribution in [3.63, 3.8) is 0 Å². The number of aromatic nitrogens is 3. The van der Waals surface area contributed by atoms with E-state index in [0.717, 1.165) is 29.9 Å². The van der Waals surface area contributed by atoms with Crippen LogP contribution in [0.5, 0.6) is 0 Å². The number of carboxylic acids is 1. The number of aryl methyl sites for hydroxylation is 3. The normalized spacial score (nSPS) is 11.4. The number of carboxylic acid groups (broad SMARTS) is 1. The van der Waals surface area contributed by atoms with E-state index < -0.39 is 16.0 Å². The molecule has 0 radical (unpaired) electrons. The largest absolute Gasteiger partial charge is 0.478 e. The minimum Gasteiger partial charge on any atom is -0.478 e. The van der Waals surface area contributed by atoms with Crippen LogP contribution in [-0.4, -0.2) is 41.3 Å². The van der Waals surface area contributed by atoms with Crippen molar-refractivity contribution in [1.82, 2.24) is 14.8 Å². The summed E-state index contributed by atoms with van der Waals surface area (Å²) in [6, 6.07) is 9.61. The fraction of sp³-hybridized carbons (Fsp3) is 0.318. The molecule has 1 aromatic carbocycles. The third-order valence-electron chi connectivity index (χ3n) is 4.86. The zero-order valence-corrected chi connectivity index (χ0v) is 19.3. The topological polar surface area (TPSA) is 117 Å². The highest BCUT2D eigenvalue weighted by molar-refractivity contribution is 7.92. The van der Waals surface area contributed by atoms with Crippen molar-refractivity contribution in [1.29, 1.82) is 0 Å².